The molecule has 2 heterocycles. The van der Waals surface area contributed by atoms with Gasteiger partial charge in [-0.1, -0.05) is 0 Å². The van der Waals surface area contributed by atoms with Crippen LogP contribution in [0.1, 0.15) is 19.3 Å². The van der Waals surface area contributed by atoms with Crippen molar-refractivity contribution in [1.29, 1.82) is 0 Å². The summed E-state index contributed by atoms with van der Waals surface area (Å²) in [6.07, 6.45) is 4.02. The minimum absolute atomic E-state index is 0. The van der Waals surface area contributed by atoms with E-state index in [2.05, 4.69) is 10.2 Å². The van der Waals surface area contributed by atoms with Gasteiger partial charge in [0.25, 0.3) is 0 Å². The molecule has 92 valence electrons. The summed E-state index contributed by atoms with van der Waals surface area (Å²) in [6, 6.07) is 0.818. The van der Waals surface area contributed by atoms with Gasteiger partial charge in [0.2, 0.25) is 0 Å². The summed E-state index contributed by atoms with van der Waals surface area (Å²) in [7, 11) is 0. The first kappa shape index (κ1) is 15.5. The van der Waals surface area contributed by atoms with E-state index >= 15 is 0 Å². The van der Waals surface area contributed by atoms with Crippen LogP contribution in [0.3, 0.4) is 0 Å². The molecule has 5 heteroatoms. The topological polar surface area (TPSA) is 24.5 Å². The fourth-order valence-corrected chi connectivity index (χ4v) is 2.31. The van der Waals surface area contributed by atoms with E-state index in [1.807, 2.05) is 0 Å². The Labute approximate surface area is 105 Å². The van der Waals surface area contributed by atoms with Crippen LogP contribution in [-0.2, 0) is 4.74 Å². The summed E-state index contributed by atoms with van der Waals surface area (Å²) in [4.78, 5) is 2.61. The Hall–Kier alpha value is 0.460. The van der Waals surface area contributed by atoms with Crippen molar-refractivity contribution in [2.75, 3.05) is 39.4 Å². The van der Waals surface area contributed by atoms with Gasteiger partial charge in [0, 0.05) is 19.1 Å². The van der Waals surface area contributed by atoms with E-state index in [1.165, 1.54) is 32.4 Å². The Morgan fingerprint density at radius 2 is 1.73 bits per heavy atom. The smallest absolute Gasteiger partial charge is 0.0594 e. The first-order chi connectivity index (χ1) is 6.47. The predicted octanol–water partition coefficient (Wildman–Crippen LogP) is 1.30. The van der Waals surface area contributed by atoms with E-state index in [1.54, 1.807) is 0 Å². The molecule has 0 radical (unpaired) electrons. The van der Waals surface area contributed by atoms with Gasteiger partial charge in [0.1, 0.15) is 0 Å². The number of ether oxygens (including phenoxy) is 1. The molecule has 0 bridgehead atoms. The molecule has 0 aliphatic carbocycles. The monoisotopic (exact) mass is 256 g/mol. The van der Waals surface area contributed by atoms with E-state index in [0.717, 1.165) is 32.3 Å². The van der Waals surface area contributed by atoms with Crippen LogP contribution in [0.25, 0.3) is 0 Å². The van der Waals surface area contributed by atoms with E-state index in [0.29, 0.717) is 0 Å². The molecule has 0 amide bonds. The molecule has 0 spiro atoms. The standard InChI is InChI=1S/C10H20N2O.2ClH/c1-2-10(3-5-11-4-1)12-6-8-13-9-7-12;;/h10-11H,1-9H2;2*1H. The average molecular weight is 257 g/mol. The Kier molecular flexibility index (Phi) is 8.86. The number of nitrogens with zero attached hydrogens (tertiary/aromatic N) is 1. The van der Waals surface area contributed by atoms with Crippen LogP contribution in [0.15, 0.2) is 0 Å². The zero-order chi connectivity index (χ0) is 8.93. The maximum atomic E-state index is 5.36. The largest absolute Gasteiger partial charge is 0.379 e. The van der Waals surface area contributed by atoms with Crippen molar-refractivity contribution in [3.63, 3.8) is 0 Å². The average Bonchev–Trinajstić information content (AvgIpc) is 2.47. The number of morpholine rings is 1. The van der Waals surface area contributed by atoms with Crippen molar-refractivity contribution < 1.29 is 4.74 Å². The molecule has 2 aliphatic rings. The quantitative estimate of drug-likeness (QED) is 0.766. The Bertz CT molecular complexity index is 146. The van der Waals surface area contributed by atoms with Crippen LogP contribution in [0, 0.1) is 0 Å². The Balaban J connectivity index is 0.000000980. The second kappa shape index (κ2) is 8.59. The van der Waals surface area contributed by atoms with Crippen molar-refractivity contribution in [1.82, 2.24) is 10.2 Å². The van der Waals surface area contributed by atoms with Crippen LogP contribution >= 0.6 is 24.8 Å². The van der Waals surface area contributed by atoms with Gasteiger partial charge in [0.15, 0.2) is 0 Å². The van der Waals surface area contributed by atoms with Gasteiger partial charge in [-0.2, -0.15) is 0 Å². The van der Waals surface area contributed by atoms with Gasteiger partial charge in [-0.3, -0.25) is 4.90 Å². The van der Waals surface area contributed by atoms with Gasteiger partial charge in [-0.05, 0) is 32.4 Å². The van der Waals surface area contributed by atoms with Crippen LogP contribution in [0.4, 0.5) is 0 Å². The van der Waals surface area contributed by atoms with Crippen molar-refractivity contribution in [2.45, 2.75) is 25.3 Å². The molecule has 1 atom stereocenters. The van der Waals surface area contributed by atoms with Crippen molar-refractivity contribution >= 4 is 24.8 Å². The minimum atomic E-state index is 0. The van der Waals surface area contributed by atoms with Gasteiger partial charge in [0.05, 0.1) is 13.2 Å². The third-order valence-corrected chi connectivity index (χ3v) is 3.11. The highest BCUT2D eigenvalue weighted by molar-refractivity contribution is 5.85. The molecule has 2 fully saturated rings. The number of hydrogen-bond donors (Lipinski definition) is 1. The SMILES string of the molecule is C1CNCCC(N2CCOCC2)C1.Cl.Cl. The zero-order valence-electron chi connectivity index (χ0n) is 9.11. The first-order valence-corrected chi connectivity index (χ1v) is 5.49. The molecule has 0 aromatic carbocycles. The molecule has 1 unspecified atom stereocenters. The molecule has 2 rings (SSSR count). The van der Waals surface area contributed by atoms with E-state index < -0.39 is 0 Å². The third kappa shape index (κ3) is 4.87. The molecule has 0 aromatic rings. The summed E-state index contributed by atoms with van der Waals surface area (Å²) in [6.45, 7) is 6.56. The van der Waals surface area contributed by atoms with Gasteiger partial charge < -0.3 is 10.1 Å². The van der Waals surface area contributed by atoms with Crippen LogP contribution in [0.5, 0.6) is 0 Å². The second-order valence-electron chi connectivity index (χ2n) is 3.98. The lowest BCUT2D eigenvalue weighted by molar-refractivity contribution is 0.0141. The van der Waals surface area contributed by atoms with Crippen molar-refractivity contribution in [3.05, 3.63) is 0 Å². The van der Waals surface area contributed by atoms with Gasteiger partial charge in [-0.25, -0.2) is 0 Å². The van der Waals surface area contributed by atoms with Crippen molar-refractivity contribution in [2.24, 2.45) is 0 Å². The highest BCUT2D eigenvalue weighted by atomic mass is 35.5. The van der Waals surface area contributed by atoms with Crippen LogP contribution in [0.2, 0.25) is 0 Å². The van der Waals surface area contributed by atoms with Crippen molar-refractivity contribution in [3.8, 4) is 0 Å². The Morgan fingerprint density at radius 1 is 1.00 bits per heavy atom. The summed E-state index contributed by atoms with van der Waals surface area (Å²) < 4.78 is 5.36. The summed E-state index contributed by atoms with van der Waals surface area (Å²) in [5.74, 6) is 0. The fraction of sp³-hybridized carbons (Fsp3) is 1.00. The molecule has 1 N–H and O–H groups in total. The van der Waals surface area contributed by atoms with E-state index in [9.17, 15) is 0 Å². The van der Waals surface area contributed by atoms with E-state index in [-0.39, 0.29) is 24.8 Å². The van der Waals surface area contributed by atoms with Crippen LogP contribution < -0.4 is 5.32 Å². The minimum Gasteiger partial charge on any atom is -0.379 e. The lowest BCUT2D eigenvalue weighted by Gasteiger charge is -2.33. The molecule has 2 saturated heterocycles. The summed E-state index contributed by atoms with van der Waals surface area (Å²) in [5.41, 5.74) is 0. The highest BCUT2D eigenvalue weighted by Gasteiger charge is 2.21. The normalized spacial score (nSPS) is 28.4. The predicted molar refractivity (Wildman–Crippen MR) is 67.4 cm³/mol. The second-order valence-corrected chi connectivity index (χ2v) is 3.98. The molecule has 3 nitrogen and oxygen atoms in total. The number of rotatable bonds is 1. The molecule has 2 aliphatic heterocycles. The van der Waals surface area contributed by atoms with Gasteiger partial charge >= 0.3 is 0 Å². The zero-order valence-corrected chi connectivity index (χ0v) is 10.7. The molecular formula is C10H22Cl2N2O. The van der Waals surface area contributed by atoms with Gasteiger partial charge in [-0.15, -0.1) is 24.8 Å². The molecule has 0 saturated carbocycles. The molecule has 0 aromatic heterocycles. The van der Waals surface area contributed by atoms with E-state index in [4.69, 9.17) is 4.74 Å². The highest BCUT2D eigenvalue weighted by Crippen LogP contribution is 2.14. The number of halogens is 2. The number of nitrogens with one attached hydrogen (secondary N) is 1. The maximum Gasteiger partial charge on any atom is 0.0594 e. The first-order valence-electron chi connectivity index (χ1n) is 5.49. The fourth-order valence-electron chi connectivity index (χ4n) is 2.31. The summed E-state index contributed by atoms with van der Waals surface area (Å²) >= 11 is 0. The summed E-state index contributed by atoms with van der Waals surface area (Å²) in [5, 5.41) is 3.46. The molecular weight excluding hydrogens is 235 g/mol. The lowest BCUT2D eigenvalue weighted by atomic mass is 10.1. The number of hydrogen-bond acceptors (Lipinski definition) is 3. The Morgan fingerprint density at radius 3 is 2.47 bits per heavy atom. The lowest BCUT2D eigenvalue weighted by Crippen LogP contribution is -2.43. The maximum absolute atomic E-state index is 5.36. The van der Waals surface area contributed by atoms with Crippen LogP contribution in [-0.4, -0.2) is 50.3 Å². The third-order valence-electron chi connectivity index (χ3n) is 3.11. The molecule has 15 heavy (non-hydrogen) atoms.